The Hall–Kier alpha value is -1.55. The van der Waals surface area contributed by atoms with Crippen LogP contribution in [0.25, 0.3) is 0 Å². The summed E-state index contributed by atoms with van der Waals surface area (Å²) >= 11 is 0. The van der Waals surface area contributed by atoms with Gasteiger partial charge in [-0.3, -0.25) is 0 Å². The predicted molar refractivity (Wildman–Crippen MR) is 75.4 cm³/mol. The fourth-order valence-corrected chi connectivity index (χ4v) is 2.70. The van der Waals surface area contributed by atoms with Gasteiger partial charge in [-0.1, -0.05) is 45.1 Å². The molecule has 2 rings (SSSR count). The van der Waals surface area contributed by atoms with Gasteiger partial charge in [0.25, 0.3) is 0 Å². The standard InChI is InChI=1S/C16H22O4/c1-2-3-4-5-6-7-11-16(19)14-12(15(18)20-16)9-8-10-13(14)17/h8-10,17,19H,2-7,11H2,1H3. The Morgan fingerprint density at radius 3 is 2.60 bits per heavy atom. The van der Waals surface area contributed by atoms with Crippen molar-refractivity contribution in [1.82, 2.24) is 0 Å². The second-order valence-corrected chi connectivity index (χ2v) is 5.39. The molecule has 0 aromatic heterocycles. The van der Waals surface area contributed by atoms with Crippen LogP contribution in [0, 0.1) is 0 Å². The normalized spacial score (nSPS) is 20.8. The molecule has 0 saturated carbocycles. The Balaban J connectivity index is 1.97. The van der Waals surface area contributed by atoms with Crippen molar-refractivity contribution in [2.75, 3.05) is 0 Å². The fraction of sp³-hybridized carbons (Fsp3) is 0.562. The molecular formula is C16H22O4. The minimum absolute atomic E-state index is 0.0816. The first-order valence-corrected chi connectivity index (χ1v) is 7.36. The first-order chi connectivity index (χ1) is 9.58. The van der Waals surface area contributed by atoms with E-state index in [1.54, 1.807) is 12.1 Å². The molecule has 0 spiro atoms. The maximum atomic E-state index is 11.7. The molecule has 1 aliphatic heterocycles. The van der Waals surface area contributed by atoms with Gasteiger partial charge in [-0.15, -0.1) is 0 Å². The molecular weight excluding hydrogens is 256 g/mol. The van der Waals surface area contributed by atoms with Gasteiger partial charge in [-0.25, -0.2) is 4.79 Å². The van der Waals surface area contributed by atoms with E-state index >= 15 is 0 Å². The molecule has 0 bridgehead atoms. The maximum absolute atomic E-state index is 11.7. The number of phenolic OH excluding ortho intramolecular Hbond substituents is 1. The monoisotopic (exact) mass is 278 g/mol. The molecule has 1 atom stereocenters. The van der Waals surface area contributed by atoms with Gasteiger partial charge in [0.15, 0.2) is 0 Å². The van der Waals surface area contributed by atoms with Crippen LogP contribution in [0.15, 0.2) is 18.2 Å². The van der Waals surface area contributed by atoms with Crippen LogP contribution in [0.5, 0.6) is 5.75 Å². The van der Waals surface area contributed by atoms with Crippen LogP contribution in [0.2, 0.25) is 0 Å². The number of ether oxygens (including phenoxy) is 1. The SMILES string of the molecule is CCCCCCCCC1(O)OC(=O)c2cccc(O)c21. The average molecular weight is 278 g/mol. The largest absolute Gasteiger partial charge is 0.507 e. The number of carbonyl (C=O) groups is 1. The third-order valence-electron chi connectivity index (χ3n) is 3.78. The Morgan fingerprint density at radius 2 is 1.85 bits per heavy atom. The van der Waals surface area contributed by atoms with Crippen LogP contribution < -0.4 is 0 Å². The van der Waals surface area contributed by atoms with Crippen molar-refractivity contribution in [3.63, 3.8) is 0 Å². The summed E-state index contributed by atoms with van der Waals surface area (Å²) in [7, 11) is 0. The number of phenols is 1. The number of aliphatic hydroxyl groups is 1. The summed E-state index contributed by atoms with van der Waals surface area (Å²) in [6.07, 6.45) is 6.81. The molecule has 0 amide bonds. The molecule has 1 heterocycles. The van der Waals surface area contributed by atoms with Gasteiger partial charge in [0.1, 0.15) is 5.75 Å². The van der Waals surface area contributed by atoms with Crippen LogP contribution in [-0.4, -0.2) is 16.2 Å². The molecule has 4 heteroatoms. The number of aromatic hydroxyl groups is 1. The van der Waals surface area contributed by atoms with Crippen LogP contribution in [0.4, 0.5) is 0 Å². The minimum atomic E-state index is -1.66. The topological polar surface area (TPSA) is 66.8 Å². The number of cyclic esters (lactones) is 1. The second-order valence-electron chi connectivity index (χ2n) is 5.39. The number of carbonyl (C=O) groups excluding carboxylic acids is 1. The Kier molecular flexibility index (Phi) is 4.65. The number of unbranched alkanes of at least 4 members (excludes halogenated alkanes) is 5. The van der Waals surface area contributed by atoms with E-state index in [-0.39, 0.29) is 16.9 Å². The zero-order valence-electron chi connectivity index (χ0n) is 11.9. The highest BCUT2D eigenvalue weighted by Gasteiger charge is 2.45. The zero-order valence-corrected chi connectivity index (χ0v) is 11.9. The highest BCUT2D eigenvalue weighted by atomic mass is 16.7. The maximum Gasteiger partial charge on any atom is 0.341 e. The van der Waals surface area contributed by atoms with Crippen molar-refractivity contribution in [2.24, 2.45) is 0 Å². The van der Waals surface area contributed by atoms with Crippen LogP contribution >= 0.6 is 0 Å². The van der Waals surface area contributed by atoms with Crippen molar-refractivity contribution in [1.29, 1.82) is 0 Å². The van der Waals surface area contributed by atoms with E-state index in [2.05, 4.69) is 6.92 Å². The molecule has 110 valence electrons. The number of benzene rings is 1. The van der Waals surface area contributed by atoms with Crippen molar-refractivity contribution in [3.05, 3.63) is 29.3 Å². The van der Waals surface area contributed by atoms with Gasteiger partial charge >= 0.3 is 5.97 Å². The lowest BCUT2D eigenvalue weighted by Gasteiger charge is -2.22. The highest BCUT2D eigenvalue weighted by Crippen LogP contribution is 2.42. The Labute approximate surface area is 119 Å². The van der Waals surface area contributed by atoms with Crippen molar-refractivity contribution < 1.29 is 19.7 Å². The molecule has 1 aromatic rings. The minimum Gasteiger partial charge on any atom is -0.507 e. The van der Waals surface area contributed by atoms with Gasteiger partial charge < -0.3 is 14.9 Å². The molecule has 0 fully saturated rings. The number of hydrogen-bond acceptors (Lipinski definition) is 4. The van der Waals surface area contributed by atoms with Crippen LogP contribution in [0.1, 0.15) is 67.8 Å². The highest BCUT2D eigenvalue weighted by molar-refractivity contribution is 5.95. The smallest absolute Gasteiger partial charge is 0.341 e. The molecule has 1 unspecified atom stereocenters. The molecule has 1 aromatic carbocycles. The summed E-state index contributed by atoms with van der Waals surface area (Å²) < 4.78 is 5.08. The Bertz CT molecular complexity index is 483. The van der Waals surface area contributed by atoms with Crippen molar-refractivity contribution >= 4 is 5.97 Å². The summed E-state index contributed by atoms with van der Waals surface area (Å²) in [4.78, 5) is 11.7. The predicted octanol–water partition coefficient (Wildman–Crippen LogP) is 3.46. The quantitative estimate of drug-likeness (QED) is 0.592. The molecule has 0 saturated heterocycles. The van der Waals surface area contributed by atoms with Gasteiger partial charge in [-0.05, 0) is 18.6 Å². The molecule has 0 radical (unpaired) electrons. The zero-order chi connectivity index (χ0) is 14.6. The number of hydrogen-bond donors (Lipinski definition) is 2. The summed E-state index contributed by atoms with van der Waals surface area (Å²) in [5, 5.41) is 20.4. The lowest BCUT2D eigenvalue weighted by molar-refractivity contribution is -0.169. The van der Waals surface area contributed by atoms with E-state index in [0.29, 0.717) is 6.42 Å². The molecule has 4 nitrogen and oxygen atoms in total. The van der Waals surface area contributed by atoms with E-state index in [0.717, 1.165) is 19.3 Å². The lowest BCUT2D eigenvalue weighted by Crippen LogP contribution is -2.25. The molecule has 2 N–H and O–H groups in total. The van der Waals surface area contributed by atoms with Gasteiger partial charge in [0, 0.05) is 6.42 Å². The number of fused-ring (bicyclic) bond motifs is 1. The van der Waals surface area contributed by atoms with E-state index in [1.807, 2.05) is 0 Å². The third kappa shape index (κ3) is 2.96. The van der Waals surface area contributed by atoms with Gasteiger partial charge in [0.2, 0.25) is 5.79 Å². The fourth-order valence-electron chi connectivity index (χ4n) is 2.70. The third-order valence-corrected chi connectivity index (χ3v) is 3.78. The lowest BCUT2D eigenvalue weighted by atomic mass is 9.96. The van der Waals surface area contributed by atoms with E-state index in [4.69, 9.17) is 4.74 Å². The van der Waals surface area contributed by atoms with Crippen LogP contribution in [-0.2, 0) is 10.5 Å². The second kappa shape index (κ2) is 6.27. The molecule has 0 aliphatic carbocycles. The van der Waals surface area contributed by atoms with E-state index < -0.39 is 11.8 Å². The number of esters is 1. The number of rotatable bonds is 7. The first kappa shape index (κ1) is 14.9. The van der Waals surface area contributed by atoms with Crippen LogP contribution in [0.3, 0.4) is 0 Å². The first-order valence-electron chi connectivity index (χ1n) is 7.36. The van der Waals surface area contributed by atoms with Gasteiger partial charge in [0.05, 0.1) is 11.1 Å². The molecule has 1 aliphatic rings. The van der Waals surface area contributed by atoms with Crippen molar-refractivity contribution in [3.8, 4) is 5.75 Å². The van der Waals surface area contributed by atoms with Crippen molar-refractivity contribution in [2.45, 2.75) is 57.7 Å². The summed E-state index contributed by atoms with van der Waals surface area (Å²) in [5.41, 5.74) is 0.483. The summed E-state index contributed by atoms with van der Waals surface area (Å²) in [6.45, 7) is 2.17. The van der Waals surface area contributed by atoms with E-state index in [1.165, 1.54) is 25.3 Å². The summed E-state index contributed by atoms with van der Waals surface area (Å²) in [5.74, 6) is -2.31. The Morgan fingerprint density at radius 1 is 1.15 bits per heavy atom. The summed E-state index contributed by atoms with van der Waals surface area (Å²) in [6, 6.07) is 4.61. The van der Waals surface area contributed by atoms with Gasteiger partial charge in [-0.2, -0.15) is 0 Å². The van der Waals surface area contributed by atoms with E-state index in [9.17, 15) is 15.0 Å². The average Bonchev–Trinajstić information content (AvgIpc) is 2.67. The molecule has 20 heavy (non-hydrogen) atoms.